The Morgan fingerprint density at radius 1 is 1.26 bits per heavy atom. The molecule has 0 radical (unpaired) electrons. The first-order chi connectivity index (χ1) is 11.3. The molecule has 0 fully saturated rings. The Labute approximate surface area is 133 Å². The quantitative estimate of drug-likeness (QED) is 0.803. The second-order valence-electron chi connectivity index (χ2n) is 5.53. The van der Waals surface area contributed by atoms with Crippen LogP contribution in [-0.2, 0) is 6.54 Å². The number of benzene rings is 1. The van der Waals surface area contributed by atoms with Gasteiger partial charge in [0, 0.05) is 13.1 Å². The molecule has 1 aromatic carbocycles. The third-order valence-electron chi connectivity index (χ3n) is 3.99. The molecule has 0 spiro atoms. The lowest BCUT2D eigenvalue weighted by Gasteiger charge is -2.21. The number of nitrogens with zero attached hydrogens (tertiary/aromatic N) is 4. The number of anilines is 1. The van der Waals surface area contributed by atoms with E-state index in [2.05, 4.69) is 28.4 Å². The summed E-state index contributed by atoms with van der Waals surface area (Å²) in [5.41, 5.74) is 2.63. The molecule has 0 saturated heterocycles. The zero-order chi connectivity index (χ0) is 15.8. The van der Waals surface area contributed by atoms with E-state index in [0.717, 1.165) is 29.9 Å². The summed E-state index contributed by atoms with van der Waals surface area (Å²) < 4.78 is 3.83. The Morgan fingerprint density at radius 3 is 2.87 bits per heavy atom. The van der Waals surface area contributed by atoms with Gasteiger partial charge in [-0.2, -0.15) is 10.1 Å². The third kappa shape index (κ3) is 2.14. The molecule has 1 aliphatic heterocycles. The number of rotatable bonds is 4. The Morgan fingerprint density at radius 2 is 2.09 bits per heavy atom. The zero-order valence-corrected chi connectivity index (χ0v) is 12.9. The lowest BCUT2D eigenvalue weighted by molar-refractivity contribution is 0.749. The van der Waals surface area contributed by atoms with Crippen LogP contribution in [0.15, 0.2) is 47.4 Å². The predicted molar refractivity (Wildman–Crippen MR) is 90.4 cm³/mol. The van der Waals surface area contributed by atoms with Crippen molar-refractivity contribution in [3.8, 4) is 0 Å². The lowest BCUT2D eigenvalue weighted by Crippen LogP contribution is -2.23. The lowest BCUT2D eigenvalue weighted by atomic mass is 10.1. The van der Waals surface area contributed by atoms with Crippen molar-refractivity contribution in [2.75, 3.05) is 11.9 Å². The molecule has 4 rings (SSSR count). The molecule has 1 aliphatic rings. The second kappa shape index (κ2) is 5.39. The van der Waals surface area contributed by atoms with Crippen LogP contribution < -0.4 is 10.9 Å². The molecule has 0 aliphatic carbocycles. The van der Waals surface area contributed by atoms with Gasteiger partial charge in [-0.15, -0.1) is 0 Å². The first kappa shape index (κ1) is 13.8. The highest BCUT2D eigenvalue weighted by Crippen LogP contribution is 2.26. The monoisotopic (exact) mass is 307 g/mol. The van der Waals surface area contributed by atoms with Crippen LogP contribution in [0, 0.1) is 0 Å². The van der Waals surface area contributed by atoms with Gasteiger partial charge in [-0.1, -0.05) is 37.3 Å². The fraction of sp³-hybridized carbons (Fsp3) is 0.235. The summed E-state index contributed by atoms with van der Waals surface area (Å²) in [5.74, 6) is 0.606. The highest BCUT2D eigenvalue weighted by atomic mass is 16.1. The summed E-state index contributed by atoms with van der Waals surface area (Å²) in [7, 11) is 0. The van der Waals surface area contributed by atoms with Gasteiger partial charge in [0.15, 0.2) is 5.65 Å². The molecule has 0 amide bonds. The van der Waals surface area contributed by atoms with Crippen molar-refractivity contribution in [1.82, 2.24) is 19.3 Å². The van der Waals surface area contributed by atoms with Gasteiger partial charge in [-0.05, 0) is 18.1 Å². The van der Waals surface area contributed by atoms with Crippen LogP contribution in [-0.4, -0.2) is 25.9 Å². The van der Waals surface area contributed by atoms with Crippen LogP contribution in [0.2, 0.25) is 0 Å². The van der Waals surface area contributed by atoms with Gasteiger partial charge in [-0.25, -0.2) is 4.68 Å². The van der Waals surface area contributed by atoms with E-state index in [9.17, 15) is 4.79 Å². The normalized spacial score (nSPS) is 13.2. The first-order valence-electron chi connectivity index (χ1n) is 7.78. The predicted octanol–water partition coefficient (Wildman–Crippen LogP) is 2.32. The van der Waals surface area contributed by atoms with Crippen LogP contribution in [0.5, 0.6) is 0 Å². The maximum absolute atomic E-state index is 12.3. The van der Waals surface area contributed by atoms with Crippen LogP contribution in [0.3, 0.4) is 0 Å². The van der Waals surface area contributed by atoms with E-state index in [4.69, 9.17) is 0 Å². The number of hydrogen-bond acceptors (Lipinski definition) is 4. The summed E-state index contributed by atoms with van der Waals surface area (Å²) in [6.45, 7) is 3.52. The molecule has 0 bridgehead atoms. The van der Waals surface area contributed by atoms with Gasteiger partial charge in [-0.3, -0.25) is 9.36 Å². The van der Waals surface area contributed by atoms with Crippen molar-refractivity contribution in [3.63, 3.8) is 0 Å². The summed E-state index contributed by atoms with van der Waals surface area (Å²) >= 11 is 0. The SMILES string of the molecule is CCCNc1nc(=O)c2cnn3c2n1CC=C3c1ccccc1. The average molecular weight is 307 g/mol. The Kier molecular flexibility index (Phi) is 3.22. The fourth-order valence-corrected chi connectivity index (χ4v) is 2.90. The van der Waals surface area contributed by atoms with Gasteiger partial charge in [0.25, 0.3) is 5.56 Å². The Balaban J connectivity index is 1.92. The van der Waals surface area contributed by atoms with Gasteiger partial charge >= 0.3 is 0 Å². The molecule has 23 heavy (non-hydrogen) atoms. The van der Waals surface area contributed by atoms with E-state index in [1.54, 1.807) is 6.20 Å². The third-order valence-corrected chi connectivity index (χ3v) is 3.99. The van der Waals surface area contributed by atoms with Gasteiger partial charge in [0.1, 0.15) is 5.39 Å². The summed E-state index contributed by atoms with van der Waals surface area (Å²) in [6.07, 6.45) is 4.68. The van der Waals surface area contributed by atoms with Crippen molar-refractivity contribution in [2.24, 2.45) is 0 Å². The van der Waals surface area contributed by atoms with Crippen LogP contribution in [0.4, 0.5) is 5.95 Å². The molecule has 116 valence electrons. The molecule has 1 N–H and O–H groups in total. The molecule has 6 heteroatoms. The topological polar surface area (TPSA) is 64.7 Å². The maximum Gasteiger partial charge on any atom is 0.285 e. The van der Waals surface area contributed by atoms with E-state index in [1.165, 1.54) is 0 Å². The largest absolute Gasteiger partial charge is 0.356 e. The van der Waals surface area contributed by atoms with Crippen molar-refractivity contribution < 1.29 is 0 Å². The average Bonchev–Trinajstić information content (AvgIpc) is 3.04. The highest BCUT2D eigenvalue weighted by molar-refractivity contribution is 5.83. The minimum atomic E-state index is -0.240. The minimum Gasteiger partial charge on any atom is -0.356 e. The second-order valence-corrected chi connectivity index (χ2v) is 5.53. The van der Waals surface area contributed by atoms with Crippen molar-refractivity contribution in [3.05, 3.63) is 58.5 Å². The molecular weight excluding hydrogens is 290 g/mol. The minimum absolute atomic E-state index is 0.240. The smallest absolute Gasteiger partial charge is 0.285 e. The van der Waals surface area contributed by atoms with E-state index in [-0.39, 0.29) is 5.56 Å². The molecule has 0 unspecified atom stereocenters. The van der Waals surface area contributed by atoms with E-state index >= 15 is 0 Å². The molecule has 0 saturated carbocycles. The molecule has 3 heterocycles. The molecule has 2 aromatic heterocycles. The van der Waals surface area contributed by atoms with Crippen molar-refractivity contribution in [1.29, 1.82) is 0 Å². The van der Waals surface area contributed by atoms with E-state index in [1.807, 2.05) is 39.6 Å². The summed E-state index contributed by atoms with van der Waals surface area (Å²) in [5, 5.41) is 8.21. The molecule has 0 atom stereocenters. The Bertz CT molecular complexity index is 952. The summed E-state index contributed by atoms with van der Waals surface area (Å²) in [6, 6.07) is 10.1. The van der Waals surface area contributed by atoms with Gasteiger partial charge in [0.2, 0.25) is 5.95 Å². The number of aromatic nitrogens is 4. The zero-order valence-electron chi connectivity index (χ0n) is 12.9. The molecule has 6 nitrogen and oxygen atoms in total. The molecule has 3 aromatic rings. The number of hydrogen-bond donors (Lipinski definition) is 1. The number of nitrogens with one attached hydrogen (secondary N) is 1. The standard InChI is InChI=1S/C17H17N5O/c1-2-9-18-17-20-15(23)13-11-19-22-14(8-10-21(17)16(13)22)12-6-4-3-5-7-12/h3-8,11H,2,9-10H2,1H3,(H,18,20,23). The fourth-order valence-electron chi connectivity index (χ4n) is 2.90. The van der Waals surface area contributed by atoms with Crippen LogP contribution in [0.1, 0.15) is 18.9 Å². The van der Waals surface area contributed by atoms with Gasteiger partial charge in [0.05, 0.1) is 11.9 Å². The van der Waals surface area contributed by atoms with Gasteiger partial charge < -0.3 is 5.32 Å². The van der Waals surface area contributed by atoms with Crippen LogP contribution in [0.25, 0.3) is 16.7 Å². The van der Waals surface area contributed by atoms with Crippen molar-refractivity contribution in [2.45, 2.75) is 19.9 Å². The van der Waals surface area contributed by atoms with Crippen molar-refractivity contribution >= 4 is 22.7 Å². The number of allylic oxidation sites excluding steroid dienone is 1. The molecular formula is C17H17N5O. The van der Waals surface area contributed by atoms with Crippen LogP contribution >= 0.6 is 0 Å². The van der Waals surface area contributed by atoms with E-state index < -0.39 is 0 Å². The highest BCUT2D eigenvalue weighted by Gasteiger charge is 2.21. The van der Waals surface area contributed by atoms with E-state index in [0.29, 0.717) is 17.9 Å². The first-order valence-corrected chi connectivity index (χ1v) is 7.78. The summed E-state index contributed by atoms with van der Waals surface area (Å²) in [4.78, 5) is 16.4. The maximum atomic E-state index is 12.3. The Hall–Kier alpha value is -2.89.